The van der Waals surface area contributed by atoms with E-state index in [1.54, 1.807) is 24.3 Å². The van der Waals surface area contributed by atoms with Crippen LogP contribution in [0.15, 0.2) is 83.3 Å². The van der Waals surface area contributed by atoms with Crippen LogP contribution in [0.5, 0.6) is 0 Å². The van der Waals surface area contributed by atoms with E-state index >= 15 is 0 Å². The maximum Gasteiger partial charge on any atom is 0.320 e. The Labute approximate surface area is 176 Å². The summed E-state index contributed by atoms with van der Waals surface area (Å²) in [5, 5.41) is 14.2. The van der Waals surface area contributed by atoms with Crippen molar-refractivity contribution >= 4 is 23.3 Å². The van der Waals surface area contributed by atoms with Gasteiger partial charge in [-0.05, 0) is 54.1 Å². The molecule has 4 rings (SSSR count). The molecule has 8 heteroatoms. The van der Waals surface area contributed by atoms with E-state index in [0.29, 0.717) is 22.2 Å². The number of aromatic nitrogens is 2. The van der Waals surface area contributed by atoms with E-state index in [2.05, 4.69) is 20.8 Å². The van der Waals surface area contributed by atoms with Gasteiger partial charge < -0.3 is 15.1 Å². The van der Waals surface area contributed by atoms with Gasteiger partial charge in [-0.3, -0.25) is 0 Å². The van der Waals surface area contributed by atoms with Crippen molar-refractivity contribution < 1.29 is 13.6 Å². The fourth-order valence-corrected chi connectivity index (χ4v) is 2.95. The fraction of sp³-hybridized carbons (Fsp3) is 0.0455. The summed E-state index contributed by atoms with van der Waals surface area (Å²) in [5.74, 6) is 0.162. The molecule has 0 radical (unpaired) electrons. The van der Waals surface area contributed by atoms with Crippen LogP contribution in [-0.2, 0) is 0 Å². The average Bonchev–Trinajstić information content (AvgIpc) is 3.25. The monoisotopic (exact) mass is 422 g/mol. The van der Waals surface area contributed by atoms with Gasteiger partial charge in [0.1, 0.15) is 11.9 Å². The summed E-state index contributed by atoms with van der Waals surface area (Å²) in [5.41, 5.74) is 1.91. The van der Waals surface area contributed by atoms with Crippen LogP contribution in [0, 0.1) is 5.82 Å². The maximum atomic E-state index is 13.1. The number of hydrogen-bond donors (Lipinski definition) is 2. The van der Waals surface area contributed by atoms with Crippen LogP contribution in [0.3, 0.4) is 0 Å². The lowest BCUT2D eigenvalue weighted by atomic mass is 10.1. The minimum atomic E-state index is -0.715. The Morgan fingerprint density at radius 1 is 0.933 bits per heavy atom. The molecule has 0 spiro atoms. The van der Waals surface area contributed by atoms with Crippen molar-refractivity contribution in [2.45, 2.75) is 6.04 Å². The molecule has 1 aromatic heterocycles. The van der Waals surface area contributed by atoms with Crippen molar-refractivity contribution in [1.29, 1.82) is 0 Å². The van der Waals surface area contributed by atoms with Gasteiger partial charge >= 0.3 is 6.03 Å². The Kier molecular flexibility index (Phi) is 5.72. The van der Waals surface area contributed by atoms with Gasteiger partial charge in [0.05, 0.1) is 0 Å². The zero-order valence-electron chi connectivity index (χ0n) is 15.5. The molecule has 2 amide bonds. The Morgan fingerprint density at radius 2 is 1.63 bits per heavy atom. The van der Waals surface area contributed by atoms with Gasteiger partial charge in [-0.2, -0.15) is 0 Å². The van der Waals surface area contributed by atoms with Crippen molar-refractivity contribution in [3.8, 4) is 11.5 Å². The molecule has 6 nitrogen and oxygen atoms in total. The number of nitrogens with one attached hydrogen (secondary N) is 2. The Morgan fingerprint density at radius 3 is 2.33 bits per heavy atom. The quantitative estimate of drug-likeness (QED) is 0.448. The predicted molar refractivity (Wildman–Crippen MR) is 112 cm³/mol. The average molecular weight is 423 g/mol. The summed E-state index contributed by atoms with van der Waals surface area (Å²) in [4.78, 5) is 12.6. The molecule has 0 aliphatic carbocycles. The summed E-state index contributed by atoms with van der Waals surface area (Å²) < 4.78 is 18.9. The second kappa shape index (κ2) is 8.75. The molecule has 0 aliphatic heterocycles. The van der Waals surface area contributed by atoms with E-state index in [9.17, 15) is 9.18 Å². The normalized spacial score (nSPS) is 11.7. The number of amides is 2. The first-order valence-electron chi connectivity index (χ1n) is 9.06. The van der Waals surface area contributed by atoms with Crippen LogP contribution >= 0.6 is 11.6 Å². The smallest absolute Gasteiger partial charge is 0.320 e. The zero-order valence-corrected chi connectivity index (χ0v) is 16.3. The molecular weight excluding hydrogens is 407 g/mol. The first-order chi connectivity index (χ1) is 14.6. The highest BCUT2D eigenvalue weighted by Crippen LogP contribution is 2.26. The van der Waals surface area contributed by atoms with Gasteiger partial charge in [-0.1, -0.05) is 41.9 Å². The van der Waals surface area contributed by atoms with Crippen molar-refractivity contribution in [3.63, 3.8) is 0 Å². The molecule has 1 atom stereocenters. The SMILES string of the molecule is O=C(Nc1ccc(F)cc1)NC(c1ccc(Cl)cc1)c1nnc(-c2ccccc2)o1. The van der Waals surface area contributed by atoms with Gasteiger partial charge in [0.25, 0.3) is 0 Å². The van der Waals surface area contributed by atoms with Crippen LogP contribution in [0.2, 0.25) is 5.02 Å². The highest BCUT2D eigenvalue weighted by Gasteiger charge is 2.23. The molecular formula is C22H16ClFN4O2. The van der Waals surface area contributed by atoms with E-state index in [1.807, 2.05) is 30.3 Å². The molecule has 150 valence electrons. The predicted octanol–water partition coefficient (Wildman–Crippen LogP) is 5.44. The minimum Gasteiger partial charge on any atom is -0.418 e. The molecule has 1 unspecified atom stereocenters. The number of rotatable bonds is 5. The largest absolute Gasteiger partial charge is 0.418 e. The Balaban J connectivity index is 1.60. The van der Waals surface area contributed by atoms with Crippen molar-refractivity contribution in [1.82, 2.24) is 15.5 Å². The van der Waals surface area contributed by atoms with Crippen molar-refractivity contribution in [2.75, 3.05) is 5.32 Å². The van der Waals surface area contributed by atoms with Crippen LogP contribution in [0.4, 0.5) is 14.9 Å². The number of anilines is 1. The summed E-state index contributed by atoms with van der Waals surface area (Å²) >= 11 is 5.99. The van der Waals surface area contributed by atoms with Gasteiger partial charge in [0.2, 0.25) is 11.8 Å². The van der Waals surface area contributed by atoms with Crippen molar-refractivity contribution in [2.24, 2.45) is 0 Å². The van der Waals surface area contributed by atoms with E-state index in [-0.39, 0.29) is 11.7 Å². The molecule has 0 saturated heterocycles. The number of benzene rings is 3. The number of halogens is 2. The molecule has 0 saturated carbocycles. The Hall–Kier alpha value is -3.71. The van der Waals surface area contributed by atoms with Gasteiger partial charge in [-0.15, -0.1) is 10.2 Å². The molecule has 1 heterocycles. The molecule has 30 heavy (non-hydrogen) atoms. The van der Waals surface area contributed by atoms with Crippen LogP contribution in [0.1, 0.15) is 17.5 Å². The summed E-state index contributed by atoms with van der Waals surface area (Å²) in [6, 6.07) is 20.5. The standard InChI is InChI=1S/C22H16ClFN4O2/c23-16-8-6-14(7-9-16)19(26-22(29)25-18-12-10-17(24)11-13-18)21-28-27-20(30-21)15-4-2-1-3-5-15/h1-13,19H,(H2,25,26,29). The molecule has 4 aromatic rings. The minimum absolute atomic E-state index is 0.213. The third-order valence-electron chi connectivity index (χ3n) is 4.29. The highest BCUT2D eigenvalue weighted by atomic mass is 35.5. The van der Waals surface area contributed by atoms with E-state index < -0.39 is 12.1 Å². The van der Waals surface area contributed by atoms with Crippen LogP contribution < -0.4 is 10.6 Å². The van der Waals surface area contributed by atoms with Crippen LogP contribution in [-0.4, -0.2) is 16.2 Å². The number of carbonyl (C=O) groups excluding carboxylic acids is 1. The number of carbonyl (C=O) groups is 1. The second-order valence-corrected chi connectivity index (χ2v) is 6.84. The molecule has 0 fully saturated rings. The molecule has 3 aromatic carbocycles. The van der Waals surface area contributed by atoms with E-state index in [1.165, 1.54) is 24.3 Å². The number of urea groups is 1. The van der Waals surface area contributed by atoms with Gasteiger partial charge in [0.15, 0.2) is 0 Å². The lowest BCUT2D eigenvalue weighted by molar-refractivity contribution is 0.248. The summed E-state index contributed by atoms with van der Waals surface area (Å²) in [7, 11) is 0. The fourth-order valence-electron chi connectivity index (χ4n) is 2.82. The zero-order chi connectivity index (χ0) is 20.9. The van der Waals surface area contributed by atoms with Crippen molar-refractivity contribution in [3.05, 3.63) is 101 Å². The van der Waals surface area contributed by atoms with Gasteiger partial charge in [-0.25, -0.2) is 9.18 Å². The summed E-state index contributed by atoms with van der Waals surface area (Å²) in [6.07, 6.45) is 0. The Bertz CT molecular complexity index is 1130. The van der Waals surface area contributed by atoms with Crippen LogP contribution in [0.25, 0.3) is 11.5 Å². The maximum absolute atomic E-state index is 13.1. The number of hydrogen-bond acceptors (Lipinski definition) is 4. The van der Waals surface area contributed by atoms with Gasteiger partial charge in [0, 0.05) is 16.3 Å². The summed E-state index contributed by atoms with van der Waals surface area (Å²) in [6.45, 7) is 0. The first kappa shape index (κ1) is 19.6. The van der Waals surface area contributed by atoms with E-state index in [4.69, 9.17) is 16.0 Å². The van der Waals surface area contributed by atoms with E-state index in [0.717, 1.165) is 5.56 Å². The lowest BCUT2D eigenvalue weighted by Gasteiger charge is -2.16. The lowest BCUT2D eigenvalue weighted by Crippen LogP contribution is -2.33. The second-order valence-electron chi connectivity index (χ2n) is 6.40. The molecule has 2 N–H and O–H groups in total. The molecule has 0 aliphatic rings. The molecule has 0 bridgehead atoms. The third-order valence-corrected chi connectivity index (χ3v) is 4.54. The first-order valence-corrected chi connectivity index (χ1v) is 9.43. The topological polar surface area (TPSA) is 80.0 Å². The number of nitrogens with zero attached hydrogens (tertiary/aromatic N) is 2. The highest BCUT2D eigenvalue weighted by molar-refractivity contribution is 6.30. The third kappa shape index (κ3) is 4.64.